The number of ketones is 1. The van der Waals surface area contributed by atoms with Crippen LogP contribution in [0, 0.1) is 12.7 Å². The molecule has 1 saturated heterocycles. The highest BCUT2D eigenvalue weighted by atomic mass is 35.5. The molecule has 3 aromatic carbocycles. The highest BCUT2D eigenvalue weighted by Crippen LogP contribution is 2.42. The molecule has 1 amide bonds. The van der Waals surface area contributed by atoms with Gasteiger partial charge in [0.15, 0.2) is 0 Å². The second-order valence-electron chi connectivity index (χ2n) is 8.18. The van der Waals surface area contributed by atoms with Gasteiger partial charge in [-0.1, -0.05) is 29.8 Å². The van der Waals surface area contributed by atoms with Crippen LogP contribution in [0.15, 0.2) is 66.2 Å². The number of hydrogen-bond acceptors (Lipinski definition) is 5. The molecule has 0 bridgehead atoms. The van der Waals surface area contributed by atoms with Crippen LogP contribution < -0.4 is 4.74 Å². The van der Waals surface area contributed by atoms with Crippen LogP contribution in [0.25, 0.3) is 5.76 Å². The first-order valence-corrected chi connectivity index (χ1v) is 11.3. The minimum atomic E-state index is -0.981. The summed E-state index contributed by atoms with van der Waals surface area (Å²) < 4.78 is 19.0. The number of amides is 1. The zero-order valence-electron chi connectivity index (χ0n) is 19.1. The van der Waals surface area contributed by atoms with Gasteiger partial charge in [-0.3, -0.25) is 9.59 Å². The van der Waals surface area contributed by atoms with Gasteiger partial charge in [0.05, 0.1) is 23.2 Å². The Kier molecular flexibility index (Phi) is 6.80. The van der Waals surface area contributed by atoms with Crippen molar-refractivity contribution in [2.75, 3.05) is 6.61 Å². The minimum absolute atomic E-state index is 0.00684. The summed E-state index contributed by atoms with van der Waals surface area (Å²) in [7, 11) is 0. The van der Waals surface area contributed by atoms with Crippen molar-refractivity contribution in [1.82, 2.24) is 4.90 Å². The number of aliphatic hydroxyl groups excluding tert-OH is 1. The van der Waals surface area contributed by atoms with Crippen LogP contribution in [-0.2, 0) is 16.1 Å². The molecule has 1 fully saturated rings. The second-order valence-corrected chi connectivity index (χ2v) is 8.58. The lowest BCUT2D eigenvalue weighted by Crippen LogP contribution is -2.29. The lowest BCUT2D eigenvalue weighted by atomic mass is 9.94. The summed E-state index contributed by atoms with van der Waals surface area (Å²) in [6, 6.07) is 13.9. The third kappa shape index (κ3) is 4.72. The van der Waals surface area contributed by atoms with E-state index in [1.165, 1.54) is 47.4 Å². The Hall–Kier alpha value is -3.84. The molecule has 1 aliphatic rings. The van der Waals surface area contributed by atoms with Gasteiger partial charge in [0.25, 0.3) is 11.7 Å². The minimum Gasteiger partial charge on any atom is -0.507 e. The summed E-state index contributed by atoms with van der Waals surface area (Å²) in [5.74, 6) is -1.96. The van der Waals surface area contributed by atoms with Crippen LogP contribution >= 0.6 is 11.6 Å². The smallest absolute Gasteiger partial charge is 0.295 e. The van der Waals surface area contributed by atoms with E-state index in [-0.39, 0.29) is 28.6 Å². The van der Waals surface area contributed by atoms with Crippen molar-refractivity contribution in [1.29, 1.82) is 0 Å². The molecule has 1 heterocycles. The number of nitrogens with zero attached hydrogens (tertiary/aromatic N) is 1. The number of hydrogen-bond donors (Lipinski definition) is 2. The average molecular weight is 496 g/mol. The van der Waals surface area contributed by atoms with E-state index < -0.39 is 23.5 Å². The van der Waals surface area contributed by atoms with E-state index in [0.29, 0.717) is 29.0 Å². The number of aliphatic hydroxyl groups is 1. The predicted molar refractivity (Wildman–Crippen MR) is 130 cm³/mol. The van der Waals surface area contributed by atoms with Crippen molar-refractivity contribution in [3.05, 3.63) is 99.3 Å². The number of phenolic OH excluding ortho intramolecular Hbond substituents is 1. The molecule has 0 spiro atoms. The zero-order chi connectivity index (χ0) is 25.3. The van der Waals surface area contributed by atoms with Crippen molar-refractivity contribution in [3.63, 3.8) is 0 Å². The molecule has 1 unspecified atom stereocenters. The molecule has 0 radical (unpaired) electrons. The van der Waals surface area contributed by atoms with Gasteiger partial charge in [-0.25, -0.2) is 4.39 Å². The highest BCUT2D eigenvalue weighted by molar-refractivity contribution is 6.46. The molecule has 1 aliphatic heterocycles. The Morgan fingerprint density at radius 2 is 1.80 bits per heavy atom. The lowest BCUT2D eigenvalue weighted by Gasteiger charge is -2.26. The quantitative estimate of drug-likeness (QED) is 0.267. The second kappa shape index (κ2) is 9.80. The van der Waals surface area contributed by atoms with Crippen molar-refractivity contribution in [2.24, 2.45) is 0 Å². The Bertz CT molecular complexity index is 1340. The van der Waals surface area contributed by atoms with Crippen LogP contribution in [0.5, 0.6) is 11.5 Å². The number of Topliss-reactive ketones (excluding diaryl/α,β-unsaturated/α-hetero) is 1. The van der Waals surface area contributed by atoms with E-state index in [1.807, 2.05) is 13.8 Å². The number of rotatable bonds is 6. The number of carbonyl (C=O) groups is 2. The normalized spacial score (nSPS) is 17.1. The molecule has 3 aromatic rings. The van der Waals surface area contributed by atoms with Crippen LogP contribution in [0.2, 0.25) is 5.02 Å². The van der Waals surface area contributed by atoms with Crippen LogP contribution in [-0.4, -0.2) is 33.4 Å². The van der Waals surface area contributed by atoms with E-state index in [1.54, 1.807) is 18.2 Å². The molecular formula is C27H23ClFNO5. The summed E-state index contributed by atoms with van der Waals surface area (Å²) in [6.45, 7) is 4.14. The van der Waals surface area contributed by atoms with Crippen molar-refractivity contribution in [2.45, 2.75) is 26.4 Å². The molecule has 180 valence electrons. The summed E-state index contributed by atoms with van der Waals surface area (Å²) in [5, 5.41) is 21.2. The molecule has 1 atom stereocenters. The van der Waals surface area contributed by atoms with Crippen LogP contribution in [0.1, 0.15) is 35.2 Å². The zero-order valence-corrected chi connectivity index (χ0v) is 19.8. The molecule has 0 aromatic heterocycles. The molecule has 6 nitrogen and oxygen atoms in total. The fraction of sp³-hybridized carbons (Fsp3) is 0.185. The maximum Gasteiger partial charge on any atom is 0.295 e. The first-order chi connectivity index (χ1) is 16.7. The van der Waals surface area contributed by atoms with E-state index in [2.05, 4.69) is 0 Å². The lowest BCUT2D eigenvalue weighted by molar-refractivity contribution is -0.140. The molecule has 2 N–H and O–H groups in total. The van der Waals surface area contributed by atoms with Gasteiger partial charge in [0, 0.05) is 12.1 Å². The highest BCUT2D eigenvalue weighted by Gasteiger charge is 2.46. The van der Waals surface area contributed by atoms with Crippen molar-refractivity contribution in [3.8, 4) is 11.5 Å². The summed E-state index contributed by atoms with van der Waals surface area (Å²) in [6.07, 6.45) is 0. The number of halogens is 2. The van der Waals surface area contributed by atoms with Crippen molar-refractivity contribution < 1.29 is 28.9 Å². The summed E-state index contributed by atoms with van der Waals surface area (Å²) in [5.41, 5.74) is 2.02. The molecule has 35 heavy (non-hydrogen) atoms. The Labute approximate surface area is 206 Å². The largest absolute Gasteiger partial charge is 0.507 e. The molecule has 8 heteroatoms. The Morgan fingerprint density at radius 1 is 1.09 bits per heavy atom. The van der Waals surface area contributed by atoms with E-state index in [4.69, 9.17) is 16.3 Å². The number of aryl methyl sites for hydroxylation is 1. The fourth-order valence-electron chi connectivity index (χ4n) is 4.14. The first kappa shape index (κ1) is 24.3. The monoisotopic (exact) mass is 495 g/mol. The van der Waals surface area contributed by atoms with E-state index in [0.717, 1.165) is 5.56 Å². The third-order valence-electron chi connectivity index (χ3n) is 5.84. The number of benzene rings is 3. The Morgan fingerprint density at radius 3 is 2.43 bits per heavy atom. The van der Waals surface area contributed by atoms with Crippen molar-refractivity contribution >= 4 is 29.1 Å². The number of aromatic hydroxyl groups is 1. The van der Waals surface area contributed by atoms with Gasteiger partial charge in [0.1, 0.15) is 23.1 Å². The van der Waals surface area contributed by atoms with Gasteiger partial charge in [-0.05, 0) is 73.0 Å². The molecular weight excluding hydrogens is 473 g/mol. The van der Waals surface area contributed by atoms with Gasteiger partial charge in [-0.15, -0.1) is 0 Å². The maximum absolute atomic E-state index is 13.4. The standard InChI is InChI=1S/C27H23ClFNO5/c1-3-35-22-11-7-18(12-15(22)2)25(32)23-24(17-6-10-21(31)20(28)13-17)30(27(34)26(23)33)14-16-4-8-19(29)9-5-16/h4-13,24,31-32H,3,14H2,1-2H3/b25-23-. The van der Waals surface area contributed by atoms with Gasteiger partial charge < -0.3 is 19.8 Å². The maximum atomic E-state index is 13.4. The molecule has 0 aliphatic carbocycles. The summed E-state index contributed by atoms with van der Waals surface area (Å²) >= 11 is 6.13. The molecule has 4 rings (SSSR count). The first-order valence-electron chi connectivity index (χ1n) is 11.0. The van der Waals surface area contributed by atoms with E-state index >= 15 is 0 Å². The predicted octanol–water partition coefficient (Wildman–Crippen LogP) is 5.51. The number of carbonyl (C=O) groups excluding carboxylic acids is 2. The molecule has 0 saturated carbocycles. The third-order valence-corrected chi connectivity index (χ3v) is 6.14. The van der Waals surface area contributed by atoms with Gasteiger partial charge >= 0.3 is 0 Å². The number of ether oxygens (including phenoxy) is 1. The fourth-order valence-corrected chi connectivity index (χ4v) is 4.33. The van der Waals surface area contributed by atoms with Crippen LogP contribution in [0.4, 0.5) is 4.39 Å². The van der Waals surface area contributed by atoms with Crippen LogP contribution in [0.3, 0.4) is 0 Å². The number of phenols is 1. The average Bonchev–Trinajstić information content (AvgIpc) is 3.08. The Balaban J connectivity index is 1.86. The summed E-state index contributed by atoms with van der Waals surface area (Å²) in [4.78, 5) is 27.6. The van der Waals surface area contributed by atoms with E-state index in [9.17, 15) is 24.2 Å². The van der Waals surface area contributed by atoms with Gasteiger partial charge in [0.2, 0.25) is 0 Å². The SMILES string of the molecule is CCOc1ccc(/C(O)=C2/C(=O)C(=O)N(Cc3ccc(F)cc3)C2c2ccc(O)c(Cl)c2)cc1C. The van der Waals surface area contributed by atoms with Gasteiger partial charge in [-0.2, -0.15) is 0 Å². The topological polar surface area (TPSA) is 87.1 Å². The number of likely N-dealkylation sites (tertiary alicyclic amines) is 1.